The van der Waals surface area contributed by atoms with Crippen molar-refractivity contribution < 1.29 is 9.84 Å². The fourth-order valence-electron chi connectivity index (χ4n) is 8.47. The first-order valence-corrected chi connectivity index (χ1v) is 11.3. The van der Waals surface area contributed by atoms with Crippen LogP contribution in [0.15, 0.2) is 0 Å². The zero-order valence-corrected chi connectivity index (χ0v) is 17.3. The lowest BCUT2D eigenvalue weighted by Crippen LogP contribution is -2.56. The van der Waals surface area contributed by atoms with Crippen LogP contribution in [-0.4, -0.2) is 30.5 Å². The number of hydrogen-bond donors (Lipinski definition) is 2. The highest BCUT2D eigenvalue weighted by Crippen LogP contribution is 2.63. The summed E-state index contributed by atoms with van der Waals surface area (Å²) in [6.45, 7) is 5.35. The first kappa shape index (κ1) is 19.2. The molecule has 0 bridgehead atoms. The number of aliphatic hydroxyl groups is 1. The molecule has 0 aliphatic heterocycles. The zero-order chi connectivity index (χ0) is 18.5. The van der Waals surface area contributed by atoms with E-state index >= 15 is 0 Å². The SMILES string of the molecule is COC[C@@]1(O)CC[C@H]2[C@H](CC[C@@H]3[C@@H]2CC[C@]2(C)[C@@H](C(C)N)CCC[C@@H]32)C1. The highest BCUT2D eigenvalue weighted by atomic mass is 16.5. The first-order chi connectivity index (χ1) is 12.4. The van der Waals surface area contributed by atoms with Gasteiger partial charge in [-0.05, 0) is 106 Å². The average molecular weight is 364 g/mol. The van der Waals surface area contributed by atoms with Gasteiger partial charge in [0.05, 0.1) is 12.2 Å². The molecule has 0 spiro atoms. The number of rotatable bonds is 3. The Labute approximate surface area is 160 Å². The number of fused-ring (bicyclic) bond motifs is 5. The van der Waals surface area contributed by atoms with Crippen molar-refractivity contribution in [3.63, 3.8) is 0 Å². The molecule has 4 fully saturated rings. The third-order valence-corrected chi connectivity index (χ3v) is 9.47. The fourth-order valence-corrected chi connectivity index (χ4v) is 8.47. The largest absolute Gasteiger partial charge is 0.387 e. The van der Waals surface area contributed by atoms with E-state index in [0.717, 1.165) is 48.3 Å². The van der Waals surface area contributed by atoms with Crippen molar-refractivity contribution in [2.24, 2.45) is 46.7 Å². The van der Waals surface area contributed by atoms with Gasteiger partial charge in [-0.25, -0.2) is 0 Å². The predicted octanol–water partition coefficient (Wildman–Crippen LogP) is 4.37. The lowest BCUT2D eigenvalue weighted by Gasteiger charge is -2.61. The molecule has 0 radical (unpaired) electrons. The number of ether oxygens (including phenoxy) is 1. The van der Waals surface area contributed by atoms with Crippen molar-refractivity contribution in [2.45, 2.75) is 89.7 Å². The summed E-state index contributed by atoms with van der Waals surface area (Å²) < 4.78 is 5.33. The van der Waals surface area contributed by atoms with Crippen LogP contribution >= 0.6 is 0 Å². The minimum Gasteiger partial charge on any atom is -0.387 e. The van der Waals surface area contributed by atoms with Crippen LogP contribution in [0.1, 0.15) is 78.1 Å². The molecule has 3 heteroatoms. The summed E-state index contributed by atoms with van der Waals surface area (Å²) in [5.74, 6) is 5.02. The lowest BCUT2D eigenvalue weighted by molar-refractivity contribution is -0.142. The Kier molecular flexibility index (Phi) is 5.20. The molecule has 4 rings (SSSR count). The van der Waals surface area contributed by atoms with Gasteiger partial charge < -0.3 is 15.6 Å². The quantitative estimate of drug-likeness (QED) is 0.783. The molecule has 0 heterocycles. The maximum atomic E-state index is 10.9. The van der Waals surface area contributed by atoms with Crippen molar-refractivity contribution in [1.82, 2.24) is 0 Å². The summed E-state index contributed by atoms with van der Waals surface area (Å²) in [6.07, 6.45) is 12.8. The highest BCUT2D eigenvalue weighted by molar-refractivity contribution is 5.06. The molecule has 0 saturated heterocycles. The van der Waals surface area contributed by atoms with Crippen molar-refractivity contribution in [1.29, 1.82) is 0 Å². The molecule has 3 nitrogen and oxygen atoms in total. The average Bonchev–Trinajstić information content (AvgIpc) is 2.59. The van der Waals surface area contributed by atoms with E-state index in [1.165, 1.54) is 51.4 Å². The van der Waals surface area contributed by atoms with Crippen LogP contribution in [-0.2, 0) is 4.74 Å². The third-order valence-electron chi connectivity index (χ3n) is 9.47. The maximum absolute atomic E-state index is 10.9. The van der Waals surface area contributed by atoms with Crippen LogP contribution in [0, 0.1) is 40.9 Å². The second kappa shape index (κ2) is 7.04. The molecular formula is C23H41NO2. The van der Waals surface area contributed by atoms with E-state index in [1.54, 1.807) is 7.11 Å². The standard InChI is InChI=1S/C23H41NO2/c1-15(24)20-5-4-6-21-19-8-7-16-13-23(25,14-26-3)12-10-17(16)18(19)9-11-22(20,21)2/h15-21,25H,4-14,24H2,1-3H3/t15?,16-,17+,18-,19-,20-,21+,22-,23-/m1/s1. The molecule has 0 aromatic carbocycles. The predicted molar refractivity (Wildman–Crippen MR) is 106 cm³/mol. The Morgan fingerprint density at radius 2 is 1.81 bits per heavy atom. The highest BCUT2D eigenvalue weighted by Gasteiger charge is 2.56. The van der Waals surface area contributed by atoms with Crippen LogP contribution < -0.4 is 5.73 Å². The molecule has 4 aliphatic carbocycles. The van der Waals surface area contributed by atoms with E-state index in [2.05, 4.69) is 13.8 Å². The van der Waals surface area contributed by atoms with Gasteiger partial charge in [-0.1, -0.05) is 13.3 Å². The van der Waals surface area contributed by atoms with Crippen LogP contribution in [0.5, 0.6) is 0 Å². The van der Waals surface area contributed by atoms with Crippen LogP contribution in [0.2, 0.25) is 0 Å². The van der Waals surface area contributed by atoms with Crippen molar-refractivity contribution in [3.8, 4) is 0 Å². The van der Waals surface area contributed by atoms with Gasteiger partial charge in [-0.15, -0.1) is 0 Å². The van der Waals surface area contributed by atoms with Gasteiger partial charge in [0, 0.05) is 13.2 Å². The van der Waals surface area contributed by atoms with Gasteiger partial charge in [0.1, 0.15) is 0 Å². The Bertz CT molecular complexity index is 508. The van der Waals surface area contributed by atoms with Gasteiger partial charge in [-0.3, -0.25) is 0 Å². The lowest BCUT2D eigenvalue weighted by atomic mass is 9.44. The molecule has 1 unspecified atom stereocenters. The second-order valence-corrected chi connectivity index (χ2v) is 10.8. The first-order valence-electron chi connectivity index (χ1n) is 11.3. The molecule has 0 amide bonds. The van der Waals surface area contributed by atoms with E-state index in [4.69, 9.17) is 10.5 Å². The van der Waals surface area contributed by atoms with Gasteiger partial charge in [0.25, 0.3) is 0 Å². The summed E-state index contributed by atoms with van der Waals surface area (Å²) in [7, 11) is 1.72. The van der Waals surface area contributed by atoms with Crippen molar-refractivity contribution >= 4 is 0 Å². The Morgan fingerprint density at radius 1 is 1.04 bits per heavy atom. The molecule has 4 aliphatic rings. The van der Waals surface area contributed by atoms with Gasteiger partial charge >= 0.3 is 0 Å². The van der Waals surface area contributed by atoms with E-state index in [9.17, 15) is 5.11 Å². The molecule has 3 N–H and O–H groups in total. The molecule has 150 valence electrons. The Hall–Kier alpha value is -0.120. The summed E-state index contributed by atoms with van der Waals surface area (Å²) in [5, 5.41) is 10.9. The number of nitrogens with two attached hydrogens (primary N) is 1. The fraction of sp³-hybridized carbons (Fsp3) is 1.00. The third kappa shape index (κ3) is 3.06. The molecule has 9 atom stereocenters. The van der Waals surface area contributed by atoms with E-state index in [0.29, 0.717) is 18.1 Å². The minimum atomic E-state index is -0.559. The number of methoxy groups -OCH3 is 1. The molecule has 26 heavy (non-hydrogen) atoms. The summed E-state index contributed by atoms with van der Waals surface area (Å²) in [5.41, 5.74) is 6.37. The second-order valence-electron chi connectivity index (χ2n) is 10.8. The topological polar surface area (TPSA) is 55.5 Å². The molecular weight excluding hydrogens is 322 g/mol. The summed E-state index contributed by atoms with van der Waals surface area (Å²) >= 11 is 0. The summed E-state index contributed by atoms with van der Waals surface area (Å²) in [4.78, 5) is 0. The van der Waals surface area contributed by atoms with Gasteiger partial charge in [-0.2, -0.15) is 0 Å². The molecule has 0 aromatic rings. The van der Waals surface area contributed by atoms with Crippen molar-refractivity contribution in [2.75, 3.05) is 13.7 Å². The Balaban J connectivity index is 1.51. The summed E-state index contributed by atoms with van der Waals surface area (Å²) in [6, 6.07) is 0.342. The van der Waals surface area contributed by atoms with Gasteiger partial charge in [0.2, 0.25) is 0 Å². The maximum Gasteiger partial charge on any atom is 0.0882 e. The van der Waals surface area contributed by atoms with Crippen LogP contribution in [0.4, 0.5) is 0 Å². The Morgan fingerprint density at radius 3 is 2.54 bits per heavy atom. The zero-order valence-electron chi connectivity index (χ0n) is 17.3. The van der Waals surface area contributed by atoms with Crippen LogP contribution in [0.25, 0.3) is 0 Å². The van der Waals surface area contributed by atoms with Crippen molar-refractivity contribution in [3.05, 3.63) is 0 Å². The minimum absolute atomic E-state index is 0.342. The number of hydrogen-bond acceptors (Lipinski definition) is 3. The van der Waals surface area contributed by atoms with E-state index in [1.807, 2.05) is 0 Å². The normalized spacial score (nSPS) is 52.5. The van der Waals surface area contributed by atoms with Gasteiger partial charge in [0.15, 0.2) is 0 Å². The monoisotopic (exact) mass is 363 g/mol. The van der Waals surface area contributed by atoms with Crippen LogP contribution in [0.3, 0.4) is 0 Å². The smallest absolute Gasteiger partial charge is 0.0882 e. The van der Waals surface area contributed by atoms with E-state index < -0.39 is 5.60 Å². The van der Waals surface area contributed by atoms with E-state index in [-0.39, 0.29) is 0 Å². The molecule has 4 saturated carbocycles. The molecule has 0 aromatic heterocycles.